The van der Waals surface area contributed by atoms with Gasteiger partial charge in [0.2, 0.25) is 0 Å². The lowest BCUT2D eigenvalue weighted by Crippen LogP contribution is -2.25. The number of amides is 1. The zero-order valence-corrected chi connectivity index (χ0v) is 11.6. The first-order valence-corrected chi connectivity index (χ1v) is 6.56. The van der Waals surface area contributed by atoms with Crippen LogP contribution in [0, 0.1) is 6.92 Å². The van der Waals surface area contributed by atoms with Crippen LogP contribution >= 0.6 is 0 Å². The van der Waals surface area contributed by atoms with Crippen molar-refractivity contribution in [1.82, 2.24) is 5.32 Å². The number of carbonyl (C=O) groups excluding carboxylic acids is 1. The van der Waals surface area contributed by atoms with Crippen molar-refractivity contribution in [2.75, 3.05) is 6.54 Å². The summed E-state index contributed by atoms with van der Waals surface area (Å²) in [5, 5.41) is 30.7. The number of aryl methyl sites for hydroxylation is 1. The number of benzene rings is 2. The Kier molecular flexibility index (Phi) is 4.33. The molecule has 2 rings (SSSR count). The summed E-state index contributed by atoms with van der Waals surface area (Å²) in [7, 11) is 0. The third-order valence-corrected chi connectivity index (χ3v) is 3.15. The Labute approximate surface area is 122 Å². The van der Waals surface area contributed by atoms with Crippen LogP contribution < -0.4 is 5.32 Å². The molecule has 0 spiro atoms. The smallest absolute Gasteiger partial charge is 0.251 e. The lowest BCUT2D eigenvalue weighted by atomic mass is 10.1. The van der Waals surface area contributed by atoms with Crippen LogP contribution in [0.3, 0.4) is 0 Å². The van der Waals surface area contributed by atoms with Gasteiger partial charge in [-0.15, -0.1) is 0 Å². The number of phenols is 3. The Bertz CT molecular complexity index is 627. The summed E-state index contributed by atoms with van der Waals surface area (Å²) in [6.45, 7) is 2.44. The monoisotopic (exact) mass is 287 g/mol. The van der Waals surface area contributed by atoms with Crippen molar-refractivity contribution in [1.29, 1.82) is 0 Å². The van der Waals surface area contributed by atoms with Crippen molar-refractivity contribution in [2.45, 2.75) is 13.3 Å². The first kappa shape index (κ1) is 14.7. The molecule has 0 heterocycles. The highest BCUT2D eigenvalue weighted by atomic mass is 16.3. The highest BCUT2D eigenvalue weighted by molar-refractivity contribution is 5.95. The summed E-state index contributed by atoms with van der Waals surface area (Å²) < 4.78 is 0. The molecule has 0 aliphatic carbocycles. The highest BCUT2D eigenvalue weighted by Gasteiger charge is 2.13. The van der Waals surface area contributed by atoms with Crippen LogP contribution in [0.1, 0.15) is 21.5 Å². The summed E-state index contributed by atoms with van der Waals surface area (Å²) in [5.41, 5.74) is 2.38. The standard InChI is InChI=1S/C16H17NO4/c1-10-2-4-11(5-3-10)6-7-17-16(21)12-8-13(18)15(20)14(19)9-12/h2-5,8-9,18-20H,6-7H2,1H3,(H,17,21). The zero-order valence-electron chi connectivity index (χ0n) is 11.6. The molecular weight excluding hydrogens is 270 g/mol. The fraction of sp³-hybridized carbons (Fsp3) is 0.188. The van der Waals surface area contributed by atoms with E-state index < -0.39 is 23.2 Å². The molecule has 0 saturated heterocycles. The molecule has 0 radical (unpaired) electrons. The Morgan fingerprint density at radius 3 is 2.19 bits per heavy atom. The van der Waals surface area contributed by atoms with Crippen LogP contribution in [0.15, 0.2) is 36.4 Å². The summed E-state index contributed by atoms with van der Waals surface area (Å²) in [4.78, 5) is 11.9. The van der Waals surface area contributed by atoms with E-state index in [0.717, 1.165) is 17.7 Å². The second kappa shape index (κ2) is 6.17. The van der Waals surface area contributed by atoms with Crippen LogP contribution in [0.4, 0.5) is 0 Å². The number of aromatic hydroxyl groups is 3. The number of hydrogen-bond acceptors (Lipinski definition) is 4. The molecule has 0 atom stereocenters. The van der Waals surface area contributed by atoms with Gasteiger partial charge < -0.3 is 20.6 Å². The van der Waals surface area contributed by atoms with Gasteiger partial charge in [-0.25, -0.2) is 0 Å². The van der Waals surface area contributed by atoms with Crippen molar-refractivity contribution in [2.24, 2.45) is 0 Å². The van der Waals surface area contributed by atoms with Crippen LogP contribution in [0.25, 0.3) is 0 Å². The average molecular weight is 287 g/mol. The van der Waals surface area contributed by atoms with Crippen molar-refractivity contribution < 1.29 is 20.1 Å². The van der Waals surface area contributed by atoms with Gasteiger partial charge in [-0.05, 0) is 31.0 Å². The Hall–Kier alpha value is -2.69. The van der Waals surface area contributed by atoms with Crippen molar-refractivity contribution in [3.63, 3.8) is 0 Å². The van der Waals surface area contributed by atoms with Crippen LogP contribution in [-0.2, 0) is 6.42 Å². The number of hydrogen-bond donors (Lipinski definition) is 4. The molecule has 0 bridgehead atoms. The minimum atomic E-state index is -0.633. The van der Waals surface area contributed by atoms with Gasteiger partial charge in [-0.1, -0.05) is 29.8 Å². The van der Waals surface area contributed by atoms with Gasteiger partial charge >= 0.3 is 0 Å². The third kappa shape index (κ3) is 3.66. The van der Waals surface area contributed by atoms with Crippen LogP contribution in [-0.4, -0.2) is 27.8 Å². The Morgan fingerprint density at radius 2 is 1.62 bits per heavy atom. The van der Waals surface area contributed by atoms with Crippen LogP contribution in [0.5, 0.6) is 17.2 Å². The first-order valence-electron chi connectivity index (χ1n) is 6.56. The van der Waals surface area contributed by atoms with E-state index in [0.29, 0.717) is 13.0 Å². The fourth-order valence-corrected chi connectivity index (χ4v) is 1.91. The van der Waals surface area contributed by atoms with E-state index in [4.69, 9.17) is 0 Å². The van der Waals surface area contributed by atoms with Crippen LogP contribution in [0.2, 0.25) is 0 Å². The minimum Gasteiger partial charge on any atom is -0.504 e. The third-order valence-electron chi connectivity index (χ3n) is 3.15. The summed E-state index contributed by atoms with van der Waals surface area (Å²) >= 11 is 0. The van der Waals surface area contributed by atoms with Crippen molar-refractivity contribution in [3.05, 3.63) is 53.1 Å². The van der Waals surface area contributed by atoms with Gasteiger partial charge in [-0.3, -0.25) is 4.79 Å². The summed E-state index contributed by atoms with van der Waals surface area (Å²) in [6.07, 6.45) is 0.683. The van der Waals surface area contributed by atoms with E-state index in [1.807, 2.05) is 31.2 Å². The van der Waals surface area contributed by atoms with Crippen molar-refractivity contribution >= 4 is 5.91 Å². The van der Waals surface area contributed by atoms with Gasteiger partial charge in [-0.2, -0.15) is 0 Å². The van der Waals surface area contributed by atoms with E-state index in [-0.39, 0.29) is 5.56 Å². The Morgan fingerprint density at radius 1 is 1.05 bits per heavy atom. The molecule has 21 heavy (non-hydrogen) atoms. The molecule has 0 aliphatic rings. The largest absolute Gasteiger partial charge is 0.504 e. The van der Waals surface area contributed by atoms with Gasteiger partial charge in [0.25, 0.3) is 5.91 Å². The highest BCUT2D eigenvalue weighted by Crippen LogP contribution is 2.35. The number of phenolic OH excluding ortho intramolecular Hbond substituents is 3. The van der Waals surface area contributed by atoms with E-state index >= 15 is 0 Å². The van der Waals surface area contributed by atoms with E-state index in [9.17, 15) is 20.1 Å². The van der Waals surface area contributed by atoms with Gasteiger partial charge in [0.15, 0.2) is 17.2 Å². The molecule has 4 N–H and O–H groups in total. The second-order valence-electron chi connectivity index (χ2n) is 4.85. The fourth-order valence-electron chi connectivity index (χ4n) is 1.91. The lowest BCUT2D eigenvalue weighted by molar-refractivity contribution is 0.0953. The van der Waals surface area contributed by atoms with E-state index in [2.05, 4.69) is 5.32 Å². The number of carbonyl (C=O) groups is 1. The average Bonchev–Trinajstić information content (AvgIpc) is 2.46. The predicted octanol–water partition coefficient (Wildman–Crippen LogP) is 2.08. The topological polar surface area (TPSA) is 89.8 Å². The van der Waals surface area contributed by atoms with E-state index in [1.165, 1.54) is 5.56 Å². The van der Waals surface area contributed by atoms with Gasteiger partial charge in [0, 0.05) is 12.1 Å². The minimum absolute atomic E-state index is 0.0895. The summed E-state index contributed by atoms with van der Waals surface area (Å²) in [6, 6.07) is 10.2. The second-order valence-corrected chi connectivity index (χ2v) is 4.85. The Balaban J connectivity index is 1.94. The molecule has 5 heteroatoms. The maximum absolute atomic E-state index is 11.9. The molecule has 5 nitrogen and oxygen atoms in total. The zero-order chi connectivity index (χ0) is 15.4. The quantitative estimate of drug-likeness (QED) is 0.648. The normalized spacial score (nSPS) is 10.3. The molecule has 2 aromatic rings. The SMILES string of the molecule is Cc1ccc(CCNC(=O)c2cc(O)c(O)c(O)c2)cc1. The van der Waals surface area contributed by atoms with Gasteiger partial charge in [0.1, 0.15) is 0 Å². The first-order chi connectivity index (χ1) is 9.97. The summed E-state index contributed by atoms with van der Waals surface area (Å²) in [5.74, 6) is -2.11. The number of nitrogens with one attached hydrogen (secondary N) is 1. The molecule has 2 aromatic carbocycles. The van der Waals surface area contributed by atoms with Gasteiger partial charge in [0.05, 0.1) is 0 Å². The molecular formula is C16H17NO4. The molecule has 0 aromatic heterocycles. The molecule has 0 fully saturated rings. The molecule has 0 aliphatic heterocycles. The van der Waals surface area contributed by atoms with Crippen molar-refractivity contribution in [3.8, 4) is 17.2 Å². The maximum Gasteiger partial charge on any atom is 0.251 e. The van der Waals surface area contributed by atoms with E-state index in [1.54, 1.807) is 0 Å². The number of rotatable bonds is 4. The molecule has 0 saturated carbocycles. The molecule has 110 valence electrons. The maximum atomic E-state index is 11.9. The molecule has 1 amide bonds. The molecule has 0 unspecified atom stereocenters. The lowest BCUT2D eigenvalue weighted by Gasteiger charge is -2.08. The predicted molar refractivity (Wildman–Crippen MR) is 78.7 cm³/mol.